The number of para-hydroxylation sites is 1. The molecule has 4 nitrogen and oxygen atoms in total. The number of rotatable bonds is 4. The van der Waals surface area contributed by atoms with Crippen molar-refractivity contribution in [2.24, 2.45) is 0 Å². The van der Waals surface area contributed by atoms with Gasteiger partial charge in [0.1, 0.15) is 5.02 Å². The third-order valence-electron chi connectivity index (χ3n) is 2.36. The summed E-state index contributed by atoms with van der Waals surface area (Å²) in [5.41, 5.74) is 0. The summed E-state index contributed by atoms with van der Waals surface area (Å²) in [5, 5.41) is 0.391. The standard InChI is InChI=1S/C13H11BrClNO3/c1-17-10-4-3-5-11(18-2)12(10)19-13-9(15)6-8(14)7-16-13/h3-7H,1-2H3. The zero-order chi connectivity index (χ0) is 13.8. The van der Waals surface area contributed by atoms with Gasteiger partial charge in [-0.3, -0.25) is 0 Å². The van der Waals surface area contributed by atoms with E-state index in [1.165, 1.54) is 0 Å². The Balaban J connectivity index is 2.42. The molecule has 0 N–H and O–H groups in total. The highest BCUT2D eigenvalue weighted by Gasteiger charge is 2.15. The van der Waals surface area contributed by atoms with Crippen LogP contribution in [0.4, 0.5) is 0 Å². The quantitative estimate of drug-likeness (QED) is 0.829. The summed E-state index contributed by atoms with van der Waals surface area (Å²) in [7, 11) is 3.11. The van der Waals surface area contributed by atoms with Crippen molar-refractivity contribution >= 4 is 27.5 Å². The fraction of sp³-hybridized carbons (Fsp3) is 0.154. The van der Waals surface area contributed by atoms with Crippen molar-refractivity contribution in [3.05, 3.63) is 40.0 Å². The number of hydrogen-bond acceptors (Lipinski definition) is 4. The number of hydrogen-bond donors (Lipinski definition) is 0. The maximum atomic E-state index is 6.07. The second kappa shape index (κ2) is 6.12. The Morgan fingerprint density at radius 2 is 1.79 bits per heavy atom. The van der Waals surface area contributed by atoms with Gasteiger partial charge in [-0.25, -0.2) is 4.98 Å². The van der Waals surface area contributed by atoms with Gasteiger partial charge in [-0.1, -0.05) is 17.7 Å². The van der Waals surface area contributed by atoms with Crippen LogP contribution in [0.3, 0.4) is 0 Å². The minimum Gasteiger partial charge on any atom is -0.493 e. The van der Waals surface area contributed by atoms with E-state index in [-0.39, 0.29) is 5.88 Å². The average molecular weight is 345 g/mol. The molecule has 6 heteroatoms. The Kier molecular flexibility index (Phi) is 4.50. The lowest BCUT2D eigenvalue weighted by molar-refractivity contribution is 0.342. The van der Waals surface area contributed by atoms with Gasteiger partial charge < -0.3 is 14.2 Å². The first-order chi connectivity index (χ1) is 9.15. The van der Waals surface area contributed by atoms with Gasteiger partial charge in [0.2, 0.25) is 11.6 Å². The van der Waals surface area contributed by atoms with Crippen LogP contribution in [0.1, 0.15) is 0 Å². The SMILES string of the molecule is COc1cccc(OC)c1Oc1ncc(Br)cc1Cl. The number of methoxy groups -OCH3 is 2. The summed E-state index contributed by atoms with van der Waals surface area (Å²) < 4.78 is 16.9. The van der Waals surface area contributed by atoms with E-state index in [1.807, 2.05) is 0 Å². The van der Waals surface area contributed by atoms with Crippen LogP contribution in [0, 0.1) is 0 Å². The first kappa shape index (κ1) is 14.0. The van der Waals surface area contributed by atoms with Gasteiger partial charge >= 0.3 is 0 Å². The molecule has 2 rings (SSSR count). The fourth-order valence-corrected chi connectivity index (χ4v) is 2.16. The maximum Gasteiger partial charge on any atom is 0.238 e. The van der Waals surface area contributed by atoms with E-state index >= 15 is 0 Å². The Morgan fingerprint density at radius 1 is 1.16 bits per heavy atom. The van der Waals surface area contributed by atoms with Crippen molar-refractivity contribution < 1.29 is 14.2 Å². The molecule has 100 valence electrons. The molecular weight excluding hydrogens is 334 g/mol. The molecule has 0 atom stereocenters. The molecule has 0 aliphatic carbocycles. The number of nitrogens with zero attached hydrogens (tertiary/aromatic N) is 1. The minimum absolute atomic E-state index is 0.285. The number of ether oxygens (including phenoxy) is 3. The number of pyridine rings is 1. The first-order valence-electron chi connectivity index (χ1n) is 5.35. The van der Waals surface area contributed by atoms with E-state index in [0.717, 1.165) is 4.47 Å². The molecule has 2 aromatic rings. The molecule has 0 fully saturated rings. The zero-order valence-electron chi connectivity index (χ0n) is 10.3. The summed E-state index contributed by atoms with van der Waals surface area (Å²) in [6.07, 6.45) is 1.60. The predicted molar refractivity (Wildman–Crippen MR) is 76.6 cm³/mol. The molecule has 19 heavy (non-hydrogen) atoms. The number of aromatic nitrogens is 1. The first-order valence-corrected chi connectivity index (χ1v) is 6.52. The highest BCUT2D eigenvalue weighted by Crippen LogP contribution is 2.41. The fourth-order valence-electron chi connectivity index (χ4n) is 1.49. The predicted octanol–water partition coefficient (Wildman–Crippen LogP) is 4.31. The van der Waals surface area contributed by atoms with Gasteiger partial charge in [-0.05, 0) is 34.1 Å². The van der Waals surface area contributed by atoms with Crippen LogP contribution in [0.15, 0.2) is 34.9 Å². The van der Waals surface area contributed by atoms with E-state index in [9.17, 15) is 0 Å². The van der Waals surface area contributed by atoms with Gasteiger partial charge in [0.25, 0.3) is 0 Å². The molecule has 0 saturated heterocycles. The van der Waals surface area contributed by atoms with E-state index in [0.29, 0.717) is 22.3 Å². The van der Waals surface area contributed by atoms with Gasteiger partial charge in [0, 0.05) is 10.7 Å². The lowest BCUT2D eigenvalue weighted by Crippen LogP contribution is -1.96. The summed E-state index contributed by atoms with van der Waals surface area (Å²) >= 11 is 9.36. The van der Waals surface area contributed by atoms with Crippen molar-refractivity contribution in [2.45, 2.75) is 0 Å². The molecular formula is C13H11BrClNO3. The zero-order valence-corrected chi connectivity index (χ0v) is 12.7. The molecule has 0 saturated carbocycles. The van der Waals surface area contributed by atoms with E-state index in [4.69, 9.17) is 25.8 Å². The molecule has 0 aliphatic rings. The summed E-state index contributed by atoms with van der Waals surface area (Å²) in [4.78, 5) is 4.11. The van der Waals surface area contributed by atoms with Gasteiger partial charge in [0.15, 0.2) is 11.5 Å². The molecule has 0 amide bonds. The van der Waals surface area contributed by atoms with Gasteiger partial charge in [0.05, 0.1) is 14.2 Å². The Labute approximate surface area is 124 Å². The van der Waals surface area contributed by atoms with Crippen molar-refractivity contribution in [1.29, 1.82) is 0 Å². The monoisotopic (exact) mass is 343 g/mol. The van der Waals surface area contributed by atoms with Crippen molar-refractivity contribution in [3.63, 3.8) is 0 Å². The van der Waals surface area contributed by atoms with E-state index in [1.54, 1.807) is 44.7 Å². The molecule has 1 aromatic carbocycles. The van der Waals surface area contributed by atoms with Crippen LogP contribution >= 0.6 is 27.5 Å². The van der Waals surface area contributed by atoms with E-state index < -0.39 is 0 Å². The van der Waals surface area contributed by atoms with Crippen LogP contribution in [0.5, 0.6) is 23.1 Å². The Morgan fingerprint density at radius 3 is 2.32 bits per heavy atom. The highest BCUT2D eigenvalue weighted by atomic mass is 79.9. The molecule has 0 bridgehead atoms. The van der Waals surface area contributed by atoms with Crippen LogP contribution in [-0.4, -0.2) is 19.2 Å². The summed E-state index contributed by atoms with van der Waals surface area (Å²) in [6.45, 7) is 0. The minimum atomic E-state index is 0.285. The van der Waals surface area contributed by atoms with Crippen molar-refractivity contribution in [2.75, 3.05) is 14.2 Å². The Bertz CT molecular complexity index is 570. The molecule has 1 aromatic heterocycles. The summed E-state index contributed by atoms with van der Waals surface area (Å²) in [6, 6.07) is 7.04. The van der Waals surface area contributed by atoms with Crippen LogP contribution in [-0.2, 0) is 0 Å². The molecule has 0 spiro atoms. The molecule has 0 radical (unpaired) electrons. The molecule has 0 unspecified atom stereocenters. The maximum absolute atomic E-state index is 6.07. The Hall–Kier alpha value is -1.46. The number of benzene rings is 1. The smallest absolute Gasteiger partial charge is 0.238 e. The lowest BCUT2D eigenvalue weighted by Gasteiger charge is -2.13. The number of halogens is 2. The van der Waals surface area contributed by atoms with Crippen LogP contribution in [0.2, 0.25) is 5.02 Å². The second-order valence-corrected chi connectivity index (χ2v) is 4.86. The third-order valence-corrected chi connectivity index (χ3v) is 3.06. The van der Waals surface area contributed by atoms with Gasteiger partial charge in [-0.15, -0.1) is 0 Å². The van der Waals surface area contributed by atoms with Crippen molar-refractivity contribution in [1.82, 2.24) is 4.98 Å². The van der Waals surface area contributed by atoms with E-state index in [2.05, 4.69) is 20.9 Å². The molecule has 0 aliphatic heterocycles. The second-order valence-electron chi connectivity index (χ2n) is 3.53. The average Bonchev–Trinajstić information content (AvgIpc) is 2.42. The van der Waals surface area contributed by atoms with Gasteiger partial charge in [-0.2, -0.15) is 0 Å². The third kappa shape index (κ3) is 3.11. The molecule has 1 heterocycles. The lowest BCUT2D eigenvalue weighted by atomic mass is 10.3. The van der Waals surface area contributed by atoms with Crippen LogP contribution < -0.4 is 14.2 Å². The highest BCUT2D eigenvalue weighted by molar-refractivity contribution is 9.10. The largest absolute Gasteiger partial charge is 0.493 e. The van der Waals surface area contributed by atoms with Crippen molar-refractivity contribution in [3.8, 4) is 23.1 Å². The topological polar surface area (TPSA) is 40.6 Å². The summed E-state index contributed by atoms with van der Waals surface area (Å²) in [5.74, 6) is 1.80. The normalized spacial score (nSPS) is 10.1. The van der Waals surface area contributed by atoms with Crippen LogP contribution in [0.25, 0.3) is 0 Å².